The summed E-state index contributed by atoms with van der Waals surface area (Å²) in [5.74, 6) is 0.738. The number of thiazole rings is 1. The number of carbonyl (C=O) groups is 1. The van der Waals surface area contributed by atoms with Crippen molar-refractivity contribution in [2.75, 3.05) is 26.7 Å². The summed E-state index contributed by atoms with van der Waals surface area (Å²) in [5.41, 5.74) is 2.13. The van der Waals surface area contributed by atoms with Crippen molar-refractivity contribution in [3.63, 3.8) is 0 Å². The molecule has 0 unspecified atom stereocenters. The molecule has 7 heteroatoms. The highest BCUT2D eigenvalue weighted by molar-refractivity contribution is 7.09. The third-order valence-corrected chi connectivity index (χ3v) is 4.90. The maximum absolute atomic E-state index is 12.6. The van der Waals surface area contributed by atoms with Crippen molar-refractivity contribution < 1.29 is 4.79 Å². The molecule has 0 spiro atoms. The number of aromatic nitrogens is 1. The van der Waals surface area contributed by atoms with E-state index in [1.807, 2.05) is 68.0 Å². The molecule has 0 saturated carbocycles. The molecule has 2 rings (SSSR count). The molecule has 6 nitrogen and oxygen atoms in total. The number of benzene rings is 1. The number of aryl methyl sites for hydroxylation is 1. The summed E-state index contributed by atoms with van der Waals surface area (Å²) >= 11 is 1.64. The molecule has 0 atom stereocenters. The summed E-state index contributed by atoms with van der Waals surface area (Å²) in [4.78, 5) is 25.5. The van der Waals surface area contributed by atoms with Gasteiger partial charge in [0.2, 0.25) is 5.91 Å². The maximum atomic E-state index is 12.6. The predicted molar refractivity (Wildman–Crippen MR) is 112 cm³/mol. The summed E-state index contributed by atoms with van der Waals surface area (Å²) in [7, 11) is 1.96. The average Bonchev–Trinajstić information content (AvgIpc) is 3.08. The van der Waals surface area contributed by atoms with Crippen molar-refractivity contribution in [1.29, 1.82) is 0 Å². The van der Waals surface area contributed by atoms with E-state index < -0.39 is 0 Å². The van der Waals surface area contributed by atoms with Gasteiger partial charge in [-0.25, -0.2) is 9.98 Å². The third-order valence-electron chi connectivity index (χ3n) is 4.08. The molecule has 146 valence electrons. The predicted octanol–water partition coefficient (Wildman–Crippen LogP) is 2.90. The van der Waals surface area contributed by atoms with Gasteiger partial charge in [0, 0.05) is 32.1 Å². The first-order chi connectivity index (χ1) is 13.0. The van der Waals surface area contributed by atoms with Gasteiger partial charge in [-0.2, -0.15) is 0 Å². The van der Waals surface area contributed by atoms with E-state index >= 15 is 0 Å². The minimum Gasteiger partial charge on any atom is -0.357 e. The van der Waals surface area contributed by atoms with E-state index in [0.717, 1.165) is 22.8 Å². The van der Waals surface area contributed by atoms with E-state index in [9.17, 15) is 4.79 Å². The Kier molecular flexibility index (Phi) is 8.26. The Bertz CT molecular complexity index is 744. The zero-order chi connectivity index (χ0) is 19.6. The second kappa shape index (κ2) is 10.7. The van der Waals surface area contributed by atoms with Crippen LogP contribution in [-0.4, -0.2) is 53.3 Å². The molecule has 0 saturated heterocycles. The molecule has 0 aliphatic rings. The average molecular weight is 388 g/mol. The van der Waals surface area contributed by atoms with Crippen molar-refractivity contribution in [2.45, 2.75) is 33.9 Å². The number of hydrogen-bond acceptors (Lipinski definition) is 4. The van der Waals surface area contributed by atoms with Crippen LogP contribution in [0.15, 0.2) is 40.7 Å². The lowest BCUT2D eigenvalue weighted by Gasteiger charge is -2.23. The van der Waals surface area contributed by atoms with E-state index in [4.69, 9.17) is 0 Å². The molecule has 1 N–H and O–H groups in total. The molecule has 0 bridgehead atoms. The van der Waals surface area contributed by atoms with E-state index in [0.29, 0.717) is 25.6 Å². The zero-order valence-electron chi connectivity index (χ0n) is 16.6. The molecule has 0 aliphatic carbocycles. The van der Waals surface area contributed by atoms with Crippen LogP contribution in [0.5, 0.6) is 0 Å². The smallest absolute Gasteiger partial charge is 0.244 e. The fourth-order valence-corrected chi connectivity index (χ4v) is 3.29. The number of carbonyl (C=O) groups excluding carboxylic acids is 1. The van der Waals surface area contributed by atoms with Gasteiger partial charge in [-0.15, -0.1) is 11.3 Å². The van der Waals surface area contributed by atoms with Crippen molar-refractivity contribution >= 4 is 23.2 Å². The second-order valence-corrected chi connectivity index (χ2v) is 7.34. The van der Waals surface area contributed by atoms with Crippen LogP contribution >= 0.6 is 11.3 Å². The summed E-state index contributed by atoms with van der Waals surface area (Å²) in [6.07, 6.45) is 0. The van der Waals surface area contributed by atoms with Crippen LogP contribution in [0.4, 0.5) is 0 Å². The number of rotatable bonds is 8. The van der Waals surface area contributed by atoms with Crippen LogP contribution in [-0.2, 0) is 17.9 Å². The van der Waals surface area contributed by atoms with Crippen LogP contribution in [0.3, 0.4) is 0 Å². The Balaban J connectivity index is 1.99. The Morgan fingerprint density at radius 1 is 1.22 bits per heavy atom. The first kappa shape index (κ1) is 20.9. The fourth-order valence-electron chi connectivity index (χ4n) is 2.69. The molecular weight excluding hydrogens is 358 g/mol. The number of amides is 1. The molecule has 1 amide bonds. The topological polar surface area (TPSA) is 60.8 Å². The van der Waals surface area contributed by atoms with Crippen LogP contribution < -0.4 is 5.32 Å². The van der Waals surface area contributed by atoms with Gasteiger partial charge in [-0.1, -0.05) is 30.3 Å². The van der Waals surface area contributed by atoms with Crippen molar-refractivity contribution in [1.82, 2.24) is 20.1 Å². The number of nitrogens with one attached hydrogen (secondary N) is 1. The molecule has 2 aromatic rings. The molecule has 1 aromatic carbocycles. The van der Waals surface area contributed by atoms with Crippen LogP contribution in [0.2, 0.25) is 0 Å². The van der Waals surface area contributed by atoms with Gasteiger partial charge in [0.15, 0.2) is 5.96 Å². The van der Waals surface area contributed by atoms with E-state index in [-0.39, 0.29) is 12.5 Å². The van der Waals surface area contributed by atoms with Gasteiger partial charge in [-0.05, 0) is 26.3 Å². The molecule has 0 radical (unpaired) electrons. The fraction of sp³-hybridized carbons (Fsp3) is 0.450. The van der Waals surface area contributed by atoms with E-state index in [2.05, 4.69) is 20.7 Å². The summed E-state index contributed by atoms with van der Waals surface area (Å²) in [6, 6.07) is 10.0. The van der Waals surface area contributed by atoms with E-state index in [1.54, 1.807) is 11.3 Å². The first-order valence-corrected chi connectivity index (χ1v) is 10.1. The Hall–Kier alpha value is -2.41. The number of hydrogen-bond donors (Lipinski definition) is 1. The highest BCUT2D eigenvalue weighted by Crippen LogP contribution is 2.10. The van der Waals surface area contributed by atoms with Gasteiger partial charge < -0.3 is 15.1 Å². The van der Waals surface area contributed by atoms with Crippen molar-refractivity contribution in [2.24, 2.45) is 4.99 Å². The number of nitrogens with zero attached hydrogens (tertiary/aromatic N) is 4. The molecular formula is C20H29N5OS. The van der Waals surface area contributed by atoms with Gasteiger partial charge in [0.25, 0.3) is 0 Å². The minimum absolute atomic E-state index is 0.0228. The van der Waals surface area contributed by atoms with Gasteiger partial charge in [0.05, 0.1) is 17.2 Å². The highest BCUT2D eigenvalue weighted by atomic mass is 32.1. The SMILES string of the molecule is CCNC(=NCC(=O)N(CC)Cc1ccccc1)N(C)Cc1csc(C)n1. The molecule has 0 aliphatic heterocycles. The summed E-state index contributed by atoms with van der Waals surface area (Å²) < 4.78 is 0. The Morgan fingerprint density at radius 3 is 2.56 bits per heavy atom. The third kappa shape index (κ3) is 6.67. The lowest BCUT2D eigenvalue weighted by molar-refractivity contribution is -0.130. The monoisotopic (exact) mass is 387 g/mol. The molecule has 1 aromatic heterocycles. The summed E-state index contributed by atoms with van der Waals surface area (Å²) in [6.45, 7) is 8.81. The Morgan fingerprint density at radius 2 is 1.96 bits per heavy atom. The zero-order valence-corrected chi connectivity index (χ0v) is 17.4. The number of guanidine groups is 1. The molecule has 0 fully saturated rings. The van der Waals surface area contributed by atoms with Crippen molar-refractivity contribution in [3.05, 3.63) is 52.0 Å². The molecule has 27 heavy (non-hydrogen) atoms. The van der Waals surface area contributed by atoms with E-state index in [1.165, 1.54) is 0 Å². The van der Waals surface area contributed by atoms with Crippen LogP contribution in [0, 0.1) is 6.92 Å². The largest absolute Gasteiger partial charge is 0.357 e. The van der Waals surface area contributed by atoms with Crippen LogP contribution in [0.1, 0.15) is 30.1 Å². The van der Waals surface area contributed by atoms with Gasteiger partial charge in [0.1, 0.15) is 6.54 Å². The highest BCUT2D eigenvalue weighted by Gasteiger charge is 2.14. The normalized spacial score (nSPS) is 11.3. The van der Waals surface area contributed by atoms with Gasteiger partial charge >= 0.3 is 0 Å². The number of aliphatic imine (C=N–C) groups is 1. The first-order valence-electron chi connectivity index (χ1n) is 9.25. The molecule has 1 heterocycles. The maximum Gasteiger partial charge on any atom is 0.244 e. The quantitative estimate of drug-likeness (QED) is 0.559. The summed E-state index contributed by atoms with van der Waals surface area (Å²) in [5, 5.41) is 6.36. The van der Waals surface area contributed by atoms with Crippen LogP contribution in [0.25, 0.3) is 0 Å². The van der Waals surface area contributed by atoms with Gasteiger partial charge in [-0.3, -0.25) is 4.79 Å². The second-order valence-electron chi connectivity index (χ2n) is 6.28. The standard InChI is InChI=1S/C20H29N5OS/c1-5-21-20(24(4)14-18-15-27-16(3)23-18)22-12-19(26)25(6-2)13-17-10-8-7-9-11-17/h7-11,15H,5-6,12-14H2,1-4H3,(H,21,22). The van der Waals surface area contributed by atoms with Crippen molar-refractivity contribution in [3.8, 4) is 0 Å². The lowest BCUT2D eigenvalue weighted by Crippen LogP contribution is -2.40. The lowest BCUT2D eigenvalue weighted by atomic mass is 10.2. The Labute approximate surface area is 165 Å². The number of likely N-dealkylation sites (N-methyl/N-ethyl adjacent to an activating group) is 1. The minimum atomic E-state index is 0.0228.